The summed E-state index contributed by atoms with van der Waals surface area (Å²) in [7, 11) is 1.64. The van der Waals surface area contributed by atoms with E-state index in [1.54, 1.807) is 13.2 Å². The van der Waals surface area contributed by atoms with Gasteiger partial charge in [-0.1, -0.05) is 17.3 Å². The first kappa shape index (κ1) is 15.5. The van der Waals surface area contributed by atoms with Crippen LogP contribution in [-0.4, -0.2) is 25.5 Å². The number of nitrogens with zero attached hydrogens (tertiary/aromatic N) is 1. The Kier molecular flexibility index (Phi) is 4.88. The van der Waals surface area contributed by atoms with E-state index in [1.165, 1.54) is 12.1 Å². The van der Waals surface area contributed by atoms with Crippen molar-refractivity contribution in [1.29, 1.82) is 0 Å². The van der Waals surface area contributed by atoms with Crippen molar-refractivity contribution >= 4 is 5.71 Å². The molecular formula is C18H19FN2O2. The Hall–Kier alpha value is -2.40. The van der Waals surface area contributed by atoms with Gasteiger partial charge in [-0.2, -0.15) is 0 Å². The molecule has 0 unspecified atom stereocenters. The third-order valence-corrected chi connectivity index (χ3v) is 3.75. The molecule has 1 aliphatic rings. The molecule has 0 spiro atoms. The first-order valence-corrected chi connectivity index (χ1v) is 7.57. The summed E-state index contributed by atoms with van der Waals surface area (Å²) >= 11 is 0. The van der Waals surface area contributed by atoms with Crippen LogP contribution in [0.25, 0.3) is 0 Å². The number of ether oxygens (including phenoxy) is 1. The van der Waals surface area contributed by atoms with Crippen molar-refractivity contribution in [1.82, 2.24) is 5.32 Å². The Bertz CT molecular complexity index is 686. The van der Waals surface area contributed by atoms with Gasteiger partial charge in [-0.05, 0) is 47.5 Å². The van der Waals surface area contributed by atoms with Crippen molar-refractivity contribution < 1.29 is 14.0 Å². The van der Waals surface area contributed by atoms with Crippen LogP contribution in [0.1, 0.15) is 17.5 Å². The molecule has 0 aromatic heterocycles. The molecular weight excluding hydrogens is 295 g/mol. The smallest absolute Gasteiger partial charge is 0.145 e. The van der Waals surface area contributed by atoms with Crippen molar-refractivity contribution in [2.45, 2.75) is 19.1 Å². The summed E-state index contributed by atoms with van der Waals surface area (Å²) in [6.45, 7) is 1.27. The van der Waals surface area contributed by atoms with E-state index in [9.17, 15) is 4.39 Å². The Morgan fingerprint density at radius 1 is 1.26 bits per heavy atom. The molecule has 4 nitrogen and oxygen atoms in total. The van der Waals surface area contributed by atoms with Crippen molar-refractivity contribution in [2.75, 3.05) is 13.7 Å². The molecule has 3 rings (SSSR count). The molecule has 1 heterocycles. The van der Waals surface area contributed by atoms with Crippen LogP contribution in [0.3, 0.4) is 0 Å². The van der Waals surface area contributed by atoms with Gasteiger partial charge in [0.05, 0.1) is 12.8 Å². The minimum atomic E-state index is -0.216. The number of methoxy groups -OCH3 is 1. The molecule has 0 saturated carbocycles. The van der Waals surface area contributed by atoms with Gasteiger partial charge in [-0.15, -0.1) is 0 Å². The molecule has 2 aromatic rings. The highest BCUT2D eigenvalue weighted by Gasteiger charge is 2.21. The summed E-state index contributed by atoms with van der Waals surface area (Å²) in [5.41, 5.74) is 2.89. The highest BCUT2D eigenvalue weighted by Crippen LogP contribution is 2.19. The lowest BCUT2D eigenvalue weighted by atomic mass is 10.0. The van der Waals surface area contributed by atoms with E-state index in [4.69, 9.17) is 9.57 Å². The van der Waals surface area contributed by atoms with Gasteiger partial charge in [0.1, 0.15) is 17.7 Å². The quantitative estimate of drug-likeness (QED) is 0.891. The van der Waals surface area contributed by atoms with Crippen LogP contribution in [0.5, 0.6) is 5.75 Å². The summed E-state index contributed by atoms with van der Waals surface area (Å²) in [4.78, 5) is 5.46. The lowest BCUT2D eigenvalue weighted by molar-refractivity contribution is 0.0848. The Morgan fingerprint density at radius 3 is 2.83 bits per heavy atom. The lowest BCUT2D eigenvalue weighted by Crippen LogP contribution is -2.26. The van der Waals surface area contributed by atoms with Crippen molar-refractivity contribution in [2.24, 2.45) is 5.16 Å². The molecule has 2 aromatic carbocycles. The standard InChI is InChI=1S/C18H19FN2O2/c1-22-16-7-5-14(6-8-16)18-10-17(23-21-18)12-20-11-13-3-2-4-15(19)9-13/h2-9,17,20H,10-12H2,1H3/t17-/m0/s1. The second-order valence-corrected chi connectivity index (χ2v) is 5.46. The van der Waals surface area contributed by atoms with Gasteiger partial charge in [-0.3, -0.25) is 0 Å². The first-order valence-electron chi connectivity index (χ1n) is 7.57. The van der Waals surface area contributed by atoms with Crippen LogP contribution in [0.15, 0.2) is 53.7 Å². The number of benzene rings is 2. The Labute approximate surface area is 134 Å². The lowest BCUT2D eigenvalue weighted by Gasteiger charge is -2.10. The largest absolute Gasteiger partial charge is 0.497 e. The summed E-state index contributed by atoms with van der Waals surface area (Å²) in [6, 6.07) is 14.3. The van der Waals surface area contributed by atoms with Crippen molar-refractivity contribution in [3.8, 4) is 5.75 Å². The van der Waals surface area contributed by atoms with Crippen LogP contribution < -0.4 is 10.1 Å². The molecule has 0 aliphatic carbocycles. The molecule has 0 bridgehead atoms. The van der Waals surface area contributed by atoms with E-state index in [1.807, 2.05) is 30.3 Å². The average molecular weight is 314 g/mol. The van der Waals surface area contributed by atoms with E-state index in [0.717, 1.165) is 29.0 Å². The predicted molar refractivity (Wildman–Crippen MR) is 87.1 cm³/mol. The topological polar surface area (TPSA) is 42.9 Å². The monoisotopic (exact) mass is 314 g/mol. The third-order valence-electron chi connectivity index (χ3n) is 3.75. The number of nitrogens with one attached hydrogen (secondary N) is 1. The maximum atomic E-state index is 13.1. The fourth-order valence-electron chi connectivity index (χ4n) is 2.52. The zero-order chi connectivity index (χ0) is 16.1. The maximum absolute atomic E-state index is 13.1. The Morgan fingerprint density at radius 2 is 2.09 bits per heavy atom. The first-order chi connectivity index (χ1) is 11.2. The minimum absolute atomic E-state index is 0.000612. The number of halogens is 1. The average Bonchev–Trinajstić information content (AvgIpc) is 3.04. The third kappa shape index (κ3) is 4.07. The molecule has 1 atom stereocenters. The van der Waals surface area contributed by atoms with Gasteiger partial charge in [0.15, 0.2) is 0 Å². The van der Waals surface area contributed by atoms with E-state index in [0.29, 0.717) is 13.1 Å². The summed E-state index contributed by atoms with van der Waals surface area (Å²) in [5, 5.41) is 7.43. The summed E-state index contributed by atoms with van der Waals surface area (Å²) < 4.78 is 18.3. The van der Waals surface area contributed by atoms with Crippen LogP contribution in [0.4, 0.5) is 4.39 Å². The fourth-order valence-corrected chi connectivity index (χ4v) is 2.52. The van der Waals surface area contributed by atoms with E-state index < -0.39 is 0 Å². The molecule has 0 amide bonds. The van der Waals surface area contributed by atoms with Crippen molar-refractivity contribution in [3.05, 3.63) is 65.5 Å². The molecule has 0 radical (unpaired) electrons. The molecule has 5 heteroatoms. The Balaban J connectivity index is 1.47. The van der Waals surface area contributed by atoms with Crippen LogP contribution in [0, 0.1) is 5.82 Å². The van der Waals surface area contributed by atoms with Gasteiger partial charge in [0.25, 0.3) is 0 Å². The normalized spacial score (nSPS) is 16.8. The van der Waals surface area contributed by atoms with Crippen molar-refractivity contribution in [3.63, 3.8) is 0 Å². The van der Waals surface area contributed by atoms with Gasteiger partial charge in [0.2, 0.25) is 0 Å². The fraction of sp³-hybridized carbons (Fsp3) is 0.278. The van der Waals surface area contributed by atoms with Gasteiger partial charge in [-0.25, -0.2) is 4.39 Å². The molecule has 120 valence electrons. The minimum Gasteiger partial charge on any atom is -0.497 e. The van der Waals surface area contributed by atoms with E-state index in [2.05, 4.69) is 10.5 Å². The molecule has 23 heavy (non-hydrogen) atoms. The summed E-state index contributed by atoms with van der Waals surface area (Å²) in [6.07, 6.45) is 0.753. The highest BCUT2D eigenvalue weighted by atomic mass is 19.1. The number of oxime groups is 1. The zero-order valence-electron chi connectivity index (χ0n) is 13.0. The SMILES string of the molecule is COc1ccc(C2=NO[C@H](CNCc3cccc(F)c3)C2)cc1. The molecule has 0 fully saturated rings. The van der Waals surface area contributed by atoms with E-state index >= 15 is 0 Å². The molecule has 0 saturated heterocycles. The van der Waals surface area contributed by atoms with Crippen LogP contribution in [0.2, 0.25) is 0 Å². The second kappa shape index (κ2) is 7.24. The number of rotatable bonds is 6. The van der Waals surface area contributed by atoms with Crippen LogP contribution >= 0.6 is 0 Å². The molecule has 1 N–H and O–H groups in total. The van der Waals surface area contributed by atoms with Crippen LogP contribution in [-0.2, 0) is 11.4 Å². The predicted octanol–water partition coefficient (Wildman–Crippen LogP) is 3.12. The van der Waals surface area contributed by atoms with E-state index in [-0.39, 0.29) is 11.9 Å². The number of hydrogen-bond acceptors (Lipinski definition) is 4. The van der Waals surface area contributed by atoms with Gasteiger partial charge < -0.3 is 14.9 Å². The maximum Gasteiger partial charge on any atom is 0.145 e. The van der Waals surface area contributed by atoms with Gasteiger partial charge in [0, 0.05) is 19.5 Å². The second-order valence-electron chi connectivity index (χ2n) is 5.46. The van der Waals surface area contributed by atoms with Gasteiger partial charge >= 0.3 is 0 Å². The summed E-state index contributed by atoms with van der Waals surface area (Å²) in [5.74, 6) is 0.605. The zero-order valence-corrected chi connectivity index (χ0v) is 13.0. The highest BCUT2D eigenvalue weighted by molar-refractivity contribution is 6.01. The number of hydrogen-bond donors (Lipinski definition) is 1. The molecule has 1 aliphatic heterocycles.